The molecule has 0 radical (unpaired) electrons. The van der Waals surface area contributed by atoms with Crippen LogP contribution in [-0.2, 0) is 23.9 Å². The predicted octanol–water partition coefficient (Wildman–Crippen LogP) is 2.60. The van der Waals surface area contributed by atoms with E-state index >= 15 is 0 Å². The van der Waals surface area contributed by atoms with Crippen LogP contribution < -0.4 is 5.32 Å². The van der Waals surface area contributed by atoms with E-state index in [1.54, 1.807) is 24.3 Å². The van der Waals surface area contributed by atoms with E-state index in [2.05, 4.69) is 10.1 Å². The number of amides is 1. The van der Waals surface area contributed by atoms with E-state index in [-0.39, 0.29) is 5.92 Å². The molecular weight excluding hydrogens is 346 g/mol. The second kappa shape index (κ2) is 10.5. The molecule has 1 amide bonds. The standard InChI is InChI=1S/C18H22ClNO5/c1-4-12(2)17(18(23)24-3)20-15(21)11-25-16(22)9-8-13-6-5-7-14(19)10-13/h5-10,12,17H,4,11H2,1-3H3,(H,20,21)/b9-8+/t12-,17-/m1/s1. The molecule has 0 saturated carbocycles. The lowest BCUT2D eigenvalue weighted by Gasteiger charge is -2.21. The van der Waals surface area contributed by atoms with E-state index in [4.69, 9.17) is 16.3 Å². The van der Waals surface area contributed by atoms with Crippen molar-refractivity contribution in [3.63, 3.8) is 0 Å². The van der Waals surface area contributed by atoms with E-state index in [1.165, 1.54) is 19.3 Å². The highest BCUT2D eigenvalue weighted by Gasteiger charge is 2.26. The summed E-state index contributed by atoms with van der Waals surface area (Å²) in [7, 11) is 1.25. The summed E-state index contributed by atoms with van der Waals surface area (Å²) in [6.45, 7) is 3.23. The van der Waals surface area contributed by atoms with Crippen LogP contribution in [0.5, 0.6) is 0 Å². The lowest BCUT2D eigenvalue weighted by Crippen LogP contribution is -2.47. The zero-order chi connectivity index (χ0) is 18.8. The fourth-order valence-electron chi connectivity index (χ4n) is 1.97. The van der Waals surface area contributed by atoms with Crippen LogP contribution >= 0.6 is 11.6 Å². The molecule has 1 aromatic rings. The number of hydrogen-bond donors (Lipinski definition) is 1. The number of carbonyl (C=O) groups excluding carboxylic acids is 3. The highest BCUT2D eigenvalue weighted by Crippen LogP contribution is 2.12. The van der Waals surface area contributed by atoms with Gasteiger partial charge < -0.3 is 14.8 Å². The molecular formula is C18H22ClNO5. The van der Waals surface area contributed by atoms with Crippen molar-refractivity contribution in [2.24, 2.45) is 5.92 Å². The highest BCUT2D eigenvalue weighted by molar-refractivity contribution is 6.30. The van der Waals surface area contributed by atoms with Crippen LogP contribution in [0.1, 0.15) is 25.8 Å². The Balaban J connectivity index is 2.51. The quantitative estimate of drug-likeness (QED) is 0.564. The zero-order valence-electron chi connectivity index (χ0n) is 14.5. The van der Waals surface area contributed by atoms with Gasteiger partial charge in [0.15, 0.2) is 6.61 Å². The molecule has 25 heavy (non-hydrogen) atoms. The molecule has 1 N–H and O–H groups in total. The lowest BCUT2D eigenvalue weighted by atomic mass is 9.99. The topological polar surface area (TPSA) is 81.7 Å². The Hall–Kier alpha value is -2.34. The van der Waals surface area contributed by atoms with Gasteiger partial charge in [0.05, 0.1) is 7.11 Å². The van der Waals surface area contributed by atoms with Crippen LogP contribution in [0.4, 0.5) is 0 Å². The normalized spacial score (nSPS) is 13.1. The molecule has 0 saturated heterocycles. The van der Waals surface area contributed by atoms with Crippen LogP contribution in [0.2, 0.25) is 5.02 Å². The average molecular weight is 368 g/mol. The summed E-state index contributed by atoms with van der Waals surface area (Å²) < 4.78 is 9.54. The molecule has 2 atom stereocenters. The van der Waals surface area contributed by atoms with Gasteiger partial charge in [-0.15, -0.1) is 0 Å². The molecule has 0 bridgehead atoms. The number of nitrogens with one attached hydrogen (secondary N) is 1. The van der Waals surface area contributed by atoms with Gasteiger partial charge >= 0.3 is 11.9 Å². The average Bonchev–Trinajstić information content (AvgIpc) is 2.61. The van der Waals surface area contributed by atoms with Crippen LogP contribution in [-0.4, -0.2) is 37.6 Å². The molecule has 0 unspecified atom stereocenters. The molecule has 0 aliphatic carbocycles. The number of ether oxygens (including phenoxy) is 2. The maximum absolute atomic E-state index is 11.9. The summed E-state index contributed by atoms with van der Waals surface area (Å²) in [6, 6.07) is 6.16. The monoisotopic (exact) mass is 367 g/mol. The van der Waals surface area contributed by atoms with Gasteiger partial charge in [0.1, 0.15) is 6.04 Å². The minimum absolute atomic E-state index is 0.102. The summed E-state index contributed by atoms with van der Waals surface area (Å²) in [5.74, 6) is -1.88. The fourth-order valence-corrected chi connectivity index (χ4v) is 2.17. The maximum Gasteiger partial charge on any atom is 0.331 e. The van der Waals surface area contributed by atoms with Crippen LogP contribution in [0.15, 0.2) is 30.3 Å². The molecule has 0 heterocycles. The summed E-state index contributed by atoms with van der Waals surface area (Å²) in [5, 5.41) is 3.07. The fraction of sp³-hybridized carbons (Fsp3) is 0.389. The Morgan fingerprint density at radius 3 is 2.64 bits per heavy atom. The summed E-state index contributed by atoms with van der Waals surface area (Å²) >= 11 is 5.85. The van der Waals surface area contributed by atoms with Gasteiger partial charge in [0.25, 0.3) is 5.91 Å². The predicted molar refractivity (Wildman–Crippen MR) is 94.8 cm³/mol. The lowest BCUT2D eigenvalue weighted by molar-refractivity contribution is -0.148. The first-order chi connectivity index (χ1) is 11.9. The first kappa shape index (κ1) is 20.7. The molecule has 7 heteroatoms. The van der Waals surface area contributed by atoms with Gasteiger partial charge in [-0.1, -0.05) is 44.0 Å². The molecule has 1 aromatic carbocycles. The third-order valence-corrected chi connectivity index (χ3v) is 3.83. The number of halogens is 1. The maximum atomic E-state index is 11.9. The smallest absolute Gasteiger partial charge is 0.331 e. The minimum Gasteiger partial charge on any atom is -0.467 e. The summed E-state index contributed by atoms with van der Waals surface area (Å²) in [4.78, 5) is 35.2. The van der Waals surface area contributed by atoms with Gasteiger partial charge in [-0.05, 0) is 29.7 Å². The van der Waals surface area contributed by atoms with Crippen molar-refractivity contribution in [3.8, 4) is 0 Å². The van der Waals surface area contributed by atoms with Gasteiger partial charge in [0.2, 0.25) is 0 Å². The van der Waals surface area contributed by atoms with E-state index in [9.17, 15) is 14.4 Å². The van der Waals surface area contributed by atoms with Gasteiger partial charge in [0, 0.05) is 11.1 Å². The number of rotatable bonds is 8. The molecule has 0 aliphatic heterocycles. The Bertz CT molecular complexity index is 644. The molecule has 0 aliphatic rings. The molecule has 0 spiro atoms. The van der Waals surface area contributed by atoms with E-state index in [0.717, 1.165) is 5.56 Å². The number of methoxy groups -OCH3 is 1. The first-order valence-electron chi connectivity index (χ1n) is 7.85. The Labute approximate surface area is 152 Å². The third-order valence-electron chi connectivity index (χ3n) is 3.59. The Kier molecular flexibility index (Phi) is 8.70. The minimum atomic E-state index is -0.775. The SMILES string of the molecule is CC[C@@H](C)[C@@H](NC(=O)COC(=O)/C=C/c1cccc(Cl)c1)C(=O)OC. The number of benzene rings is 1. The first-order valence-corrected chi connectivity index (χ1v) is 8.22. The zero-order valence-corrected chi connectivity index (χ0v) is 15.2. The van der Waals surface area contributed by atoms with E-state index < -0.39 is 30.5 Å². The van der Waals surface area contributed by atoms with Crippen molar-refractivity contribution in [1.82, 2.24) is 5.32 Å². The van der Waals surface area contributed by atoms with Crippen molar-refractivity contribution in [2.75, 3.05) is 13.7 Å². The van der Waals surface area contributed by atoms with Crippen molar-refractivity contribution in [3.05, 3.63) is 40.9 Å². The van der Waals surface area contributed by atoms with Gasteiger partial charge in [-0.2, -0.15) is 0 Å². The van der Waals surface area contributed by atoms with Crippen molar-refractivity contribution in [2.45, 2.75) is 26.3 Å². The highest BCUT2D eigenvalue weighted by atomic mass is 35.5. The van der Waals surface area contributed by atoms with Gasteiger partial charge in [-0.3, -0.25) is 4.79 Å². The molecule has 1 rings (SSSR count). The van der Waals surface area contributed by atoms with Crippen molar-refractivity contribution in [1.29, 1.82) is 0 Å². The second-order valence-corrected chi connectivity index (χ2v) is 5.89. The molecule has 136 valence electrons. The largest absolute Gasteiger partial charge is 0.467 e. The summed E-state index contributed by atoms with van der Waals surface area (Å²) in [6.07, 6.45) is 3.41. The molecule has 0 fully saturated rings. The molecule has 0 aromatic heterocycles. The van der Waals surface area contributed by atoms with Crippen LogP contribution in [0.3, 0.4) is 0 Å². The number of hydrogen-bond acceptors (Lipinski definition) is 5. The van der Waals surface area contributed by atoms with Gasteiger partial charge in [-0.25, -0.2) is 9.59 Å². The van der Waals surface area contributed by atoms with Crippen LogP contribution in [0.25, 0.3) is 6.08 Å². The van der Waals surface area contributed by atoms with Crippen molar-refractivity contribution < 1.29 is 23.9 Å². The Morgan fingerprint density at radius 1 is 1.32 bits per heavy atom. The van der Waals surface area contributed by atoms with E-state index in [0.29, 0.717) is 11.4 Å². The van der Waals surface area contributed by atoms with E-state index in [1.807, 2.05) is 13.8 Å². The summed E-state index contributed by atoms with van der Waals surface area (Å²) in [5.41, 5.74) is 0.733. The van der Waals surface area contributed by atoms with Crippen molar-refractivity contribution >= 4 is 35.5 Å². The Morgan fingerprint density at radius 2 is 2.04 bits per heavy atom. The number of carbonyl (C=O) groups is 3. The third kappa shape index (κ3) is 7.39. The molecule has 6 nitrogen and oxygen atoms in total. The van der Waals surface area contributed by atoms with Crippen LogP contribution in [0, 0.1) is 5.92 Å². The number of esters is 2. The second-order valence-electron chi connectivity index (χ2n) is 5.45.